The van der Waals surface area contributed by atoms with Gasteiger partial charge in [-0.15, -0.1) is 5.10 Å². The minimum absolute atomic E-state index is 0.460. The summed E-state index contributed by atoms with van der Waals surface area (Å²) in [7, 11) is 0. The normalized spacial score (nSPS) is 10.8. The van der Waals surface area contributed by atoms with Gasteiger partial charge in [0.05, 0.1) is 6.54 Å². The Bertz CT molecular complexity index is 303. The van der Waals surface area contributed by atoms with Crippen LogP contribution < -0.4 is 5.73 Å². The lowest BCUT2D eigenvalue weighted by molar-refractivity contribution is -0.113. The van der Waals surface area contributed by atoms with Crippen LogP contribution in [-0.4, -0.2) is 26.1 Å². The van der Waals surface area contributed by atoms with Crippen molar-refractivity contribution in [3.8, 4) is 0 Å². The third-order valence-electron chi connectivity index (χ3n) is 1.27. The van der Waals surface area contributed by atoms with Gasteiger partial charge >= 0.3 is 0 Å². The number of amides is 1. The minimum atomic E-state index is -0.472. The molecule has 0 spiro atoms. The maximum atomic E-state index is 10.3. The molecule has 0 saturated heterocycles. The first-order chi connectivity index (χ1) is 5.70. The fourth-order valence-electron chi connectivity index (χ4n) is 0.687. The topological polar surface area (TPSA) is 86.7 Å². The first-order valence-corrected chi connectivity index (χ1v) is 3.39. The molecule has 1 aromatic rings. The highest BCUT2D eigenvalue weighted by Gasteiger charge is 1.95. The summed E-state index contributed by atoms with van der Waals surface area (Å²) in [6.07, 6.45) is 2.88. The van der Waals surface area contributed by atoms with Crippen LogP contribution in [0.1, 0.15) is 5.82 Å². The molecule has 1 rings (SSSR count). The van der Waals surface area contributed by atoms with Crippen molar-refractivity contribution in [1.82, 2.24) is 20.2 Å². The van der Waals surface area contributed by atoms with Gasteiger partial charge in [-0.25, -0.2) is 4.68 Å². The third-order valence-corrected chi connectivity index (χ3v) is 1.27. The molecule has 1 amide bonds. The van der Waals surface area contributed by atoms with Crippen LogP contribution in [0.4, 0.5) is 0 Å². The third kappa shape index (κ3) is 2.15. The van der Waals surface area contributed by atoms with Gasteiger partial charge in [0.25, 0.3) is 0 Å². The zero-order valence-electron chi connectivity index (χ0n) is 6.64. The molecule has 0 bridgehead atoms. The molecule has 12 heavy (non-hydrogen) atoms. The second-order valence-corrected chi connectivity index (χ2v) is 2.21. The number of primary amides is 1. The van der Waals surface area contributed by atoms with Gasteiger partial charge < -0.3 is 5.73 Å². The molecule has 0 fully saturated rings. The van der Waals surface area contributed by atoms with Crippen molar-refractivity contribution in [2.75, 3.05) is 0 Å². The van der Waals surface area contributed by atoms with E-state index in [1.165, 1.54) is 6.08 Å². The fourth-order valence-corrected chi connectivity index (χ4v) is 0.687. The quantitative estimate of drug-likeness (QED) is 0.586. The summed E-state index contributed by atoms with van der Waals surface area (Å²) < 4.78 is 1.56. The van der Waals surface area contributed by atoms with Crippen molar-refractivity contribution in [2.24, 2.45) is 5.73 Å². The van der Waals surface area contributed by atoms with Crippen LogP contribution in [-0.2, 0) is 11.3 Å². The van der Waals surface area contributed by atoms with Crippen molar-refractivity contribution >= 4 is 5.91 Å². The number of nitrogens with zero attached hydrogens (tertiary/aromatic N) is 4. The van der Waals surface area contributed by atoms with Crippen molar-refractivity contribution < 1.29 is 4.79 Å². The van der Waals surface area contributed by atoms with E-state index in [4.69, 9.17) is 5.73 Å². The number of aromatic nitrogens is 4. The summed E-state index contributed by atoms with van der Waals surface area (Å²) in [4.78, 5) is 10.3. The highest BCUT2D eigenvalue weighted by molar-refractivity contribution is 5.85. The number of allylic oxidation sites excluding steroid dienone is 1. The Morgan fingerprint density at radius 1 is 1.75 bits per heavy atom. The Hall–Kier alpha value is -1.72. The Labute approximate surface area is 69.1 Å². The zero-order valence-corrected chi connectivity index (χ0v) is 6.64. The number of carbonyl (C=O) groups is 1. The minimum Gasteiger partial charge on any atom is -0.366 e. The van der Waals surface area contributed by atoms with E-state index in [0.29, 0.717) is 12.4 Å². The molecule has 0 unspecified atom stereocenters. The van der Waals surface area contributed by atoms with Gasteiger partial charge in [0.2, 0.25) is 5.91 Å². The van der Waals surface area contributed by atoms with Crippen LogP contribution in [0.25, 0.3) is 0 Å². The van der Waals surface area contributed by atoms with E-state index in [0.717, 1.165) is 0 Å². The van der Waals surface area contributed by atoms with Gasteiger partial charge in [-0.3, -0.25) is 4.79 Å². The van der Waals surface area contributed by atoms with Crippen molar-refractivity contribution in [3.05, 3.63) is 18.0 Å². The van der Waals surface area contributed by atoms with Crippen molar-refractivity contribution in [3.63, 3.8) is 0 Å². The number of carbonyl (C=O) groups excluding carboxylic acids is 1. The lowest BCUT2D eigenvalue weighted by Crippen LogP contribution is -2.07. The van der Waals surface area contributed by atoms with Gasteiger partial charge in [-0.05, 0) is 17.4 Å². The van der Waals surface area contributed by atoms with E-state index < -0.39 is 5.91 Å². The molecule has 0 aliphatic rings. The van der Waals surface area contributed by atoms with Crippen molar-refractivity contribution in [2.45, 2.75) is 13.5 Å². The van der Waals surface area contributed by atoms with Gasteiger partial charge in [0.1, 0.15) is 5.82 Å². The monoisotopic (exact) mass is 167 g/mol. The van der Waals surface area contributed by atoms with Gasteiger partial charge in [0.15, 0.2) is 0 Å². The molecule has 64 valence electrons. The molecule has 6 nitrogen and oxygen atoms in total. The zero-order chi connectivity index (χ0) is 8.97. The number of nitrogens with two attached hydrogens (primary N) is 1. The lowest BCUT2D eigenvalue weighted by Gasteiger charge is -1.93. The number of tetrazole rings is 1. The van der Waals surface area contributed by atoms with E-state index in [2.05, 4.69) is 15.5 Å². The van der Waals surface area contributed by atoms with E-state index >= 15 is 0 Å². The summed E-state index contributed by atoms with van der Waals surface area (Å²) >= 11 is 0. The second-order valence-electron chi connectivity index (χ2n) is 2.21. The van der Waals surface area contributed by atoms with Crippen LogP contribution in [0.3, 0.4) is 0 Å². The Morgan fingerprint density at radius 3 is 3.00 bits per heavy atom. The summed E-state index contributed by atoms with van der Waals surface area (Å²) in [5, 5.41) is 10.8. The SMILES string of the molecule is Cc1nnnn1C/C=C/C(N)=O. The molecule has 0 aliphatic heterocycles. The summed E-state index contributed by atoms with van der Waals surface area (Å²) in [6.45, 7) is 2.24. The highest BCUT2D eigenvalue weighted by atomic mass is 16.1. The van der Waals surface area contributed by atoms with Crippen LogP contribution in [0.15, 0.2) is 12.2 Å². The van der Waals surface area contributed by atoms with E-state index in [1.54, 1.807) is 17.7 Å². The van der Waals surface area contributed by atoms with Crippen LogP contribution >= 0.6 is 0 Å². The molecular weight excluding hydrogens is 158 g/mol. The molecule has 0 saturated carbocycles. The predicted octanol–water partition coefficient (Wildman–Crippen LogP) is -0.977. The number of rotatable bonds is 3. The fraction of sp³-hybridized carbons (Fsp3) is 0.333. The molecule has 2 N–H and O–H groups in total. The average Bonchev–Trinajstić information content (AvgIpc) is 2.36. The van der Waals surface area contributed by atoms with E-state index in [-0.39, 0.29) is 0 Å². The Morgan fingerprint density at radius 2 is 2.50 bits per heavy atom. The molecule has 6 heteroatoms. The van der Waals surface area contributed by atoms with Crippen molar-refractivity contribution in [1.29, 1.82) is 0 Å². The van der Waals surface area contributed by atoms with Crippen LogP contribution in [0.2, 0.25) is 0 Å². The standard InChI is InChI=1S/C6H9N5O/c1-5-8-9-10-11(5)4-2-3-6(7)12/h2-3H,4H2,1H3,(H2,7,12)/b3-2+. The van der Waals surface area contributed by atoms with E-state index in [9.17, 15) is 4.79 Å². The maximum absolute atomic E-state index is 10.3. The Kier molecular flexibility index (Phi) is 2.52. The van der Waals surface area contributed by atoms with E-state index in [1.807, 2.05) is 0 Å². The highest BCUT2D eigenvalue weighted by Crippen LogP contribution is 1.88. The number of hydrogen-bond donors (Lipinski definition) is 1. The Balaban J connectivity index is 2.54. The maximum Gasteiger partial charge on any atom is 0.241 e. The lowest BCUT2D eigenvalue weighted by atomic mass is 10.5. The summed E-state index contributed by atoms with van der Waals surface area (Å²) in [5.74, 6) is 0.227. The summed E-state index contributed by atoms with van der Waals surface area (Å²) in [5.41, 5.74) is 4.88. The second kappa shape index (κ2) is 3.61. The first kappa shape index (κ1) is 8.38. The van der Waals surface area contributed by atoms with Crippen LogP contribution in [0.5, 0.6) is 0 Å². The molecule has 0 radical (unpaired) electrons. The molecule has 0 atom stereocenters. The molecular formula is C6H9N5O. The molecule has 1 aromatic heterocycles. The largest absolute Gasteiger partial charge is 0.366 e. The molecule has 0 aromatic carbocycles. The van der Waals surface area contributed by atoms with Crippen LogP contribution in [0, 0.1) is 6.92 Å². The predicted molar refractivity (Wildman–Crippen MR) is 40.9 cm³/mol. The molecule has 0 aliphatic carbocycles. The van der Waals surface area contributed by atoms with Gasteiger partial charge in [-0.1, -0.05) is 6.08 Å². The smallest absolute Gasteiger partial charge is 0.241 e. The summed E-state index contributed by atoms with van der Waals surface area (Å²) in [6, 6.07) is 0. The van der Waals surface area contributed by atoms with Gasteiger partial charge in [-0.2, -0.15) is 0 Å². The average molecular weight is 167 g/mol. The number of aryl methyl sites for hydroxylation is 1. The first-order valence-electron chi connectivity index (χ1n) is 3.39. The van der Waals surface area contributed by atoms with Gasteiger partial charge in [0, 0.05) is 6.08 Å². The molecule has 1 heterocycles. The number of hydrogen-bond acceptors (Lipinski definition) is 4.